The van der Waals surface area contributed by atoms with Gasteiger partial charge in [0.15, 0.2) is 0 Å². The number of rotatable bonds is 5. The summed E-state index contributed by atoms with van der Waals surface area (Å²) >= 11 is 1.83. The first kappa shape index (κ1) is 12.1. The van der Waals surface area contributed by atoms with Gasteiger partial charge in [-0.2, -0.15) is 0 Å². The van der Waals surface area contributed by atoms with Crippen molar-refractivity contribution >= 4 is 11.3 Å². The Bertz CT molecular complexity index is 341. The summed E-state index contributed by atoms with van der Waals surface area (Å²) in [7, 11) is 0. The van der Waals surface area contributed by atoms with Gasteiger partial charge in [-0.1, -0.05) is 13.8 Å². The van der Waals surface area contributed by atoms with Crippen LogP contribution >= 0.6 is 11.3 Å². The molecule has 1 aliphatic carbocycles. The Morgan fingerprint density at radius 2 is 2.00 bits per heavy atom. The molecule has 1 fully saturated rings. The van der Waals surface area contributed by atoms with Crippen LogP contribution in [-0.4, -0.2) is 11.0 Å². The smallest absolute Gasteiger partial charge is 0.0959 e. The number of nitrogens with one attached hydrogen (secondary N) is 1. The molecule has 2 rings (SSSR count). The van der Waals surface area contributed by atoms with Crippen LogP contribution in [0.15, 0.2) is 5.38 Å². The van der Waals surface area contributed by atoms with Crippen molar-refractivity contribution in [1.82, 2.24) is 10.3 Å². The fourth-order valence-corrected chi connectivity index (χ4v) is 2.77. The Kier molecular flexibility index (Phi) is 3.65. The van der Waals surface area contributed by atoms with Gasteiger partial charge in [0.2, 0.25) is 0 Å². The SMILES string of the molecule is CC(NC(C)C(C)C)c1csc(C2CC2)n1. The first-order valence-corrected chi connectivity index (χ1v) is 7.17. The van der Waals surface area contributed by atoms with Gasteiger partial charge in [-0.3, -0.25) is 0 Å². The molecule has 0 aromatic carbocycles. The molecular formula is C13H22N2S. The van der Waals surface area contributed by atoms with E-state index < -0.39 is 0 Å². The highest BCUT2D eigenvalue weighted by Gasteiger charge is 2.27. The van der Waals surface area contributed by atoms with E-state index in [1.54, 1.807) is 0 Å². The van der Waals surface area contributed by atoms with Crippen LogP contribution in [0.4, 0.5) is 0 Å². The van der Waals surface area contributed by atoms with E-state index in [2.05, 4.69) is 38.4 Å². The summed E-state index contributed by atoms with van der Waals surface area (Å²) in [5, 5.41) is 7.18. The summed E-state index contributed by atoms with van der Waals surface area (Å²) in [5.74, 6) is 1.46. The average molecular weight is 238 g/mol. The molecule has 0 saturated heterocycles. The number of nitrogens with zero attached hydrogens (tertiary/aromatic N) is 1. The van der Waals surface area contributed by atoms with Gasteiger partial charge in [-0.15, -0.1) is 11.3 Å². The van der Waals surface area contributed by atoms with Crippen LogP contribution in [-0.2, 0) is 0 Å². The van der Waals surface area contributed by atoms with Crippen molar-refractivity contribution in [3.8, 4) is 0 Å². The van der Waals surface area contributed by atoms with Gasteiger partial charge in [0, 0.05) is 23.4 Å². The summed E-state index contributed by atoms with van der Waals surface area (Å²) in [6, 6.07) is 0.919. The van der Waals surface area contributed by atoms with Crippen molar-refractivity contribution in [1.29, 1.82) is 0 Å². The van der Waals surface area contributed by atoms with Crippen molar-refractivity contribution in [3.05, 3.63) is 16.1 Å². The van der Waals surface area contributed by atoms with Crippen molar-refractivity contribution in [2.75, 3.05) is 0 Å². The molecule has 0 aliphatic heterocycles. The molecule has 1 saturated carbocycles. The number of hydrogen-bond acceptors (Lipinski definition) is 3. The summed E-state index contributed by atoms with van der Waals surface area (Å²) in [4.78, 5) is 4.74. The molecular weight excluding hydrogens is 216 g/mol. The van der Waals surface area contributed by atoms with E-state index in [4.69, 9.17) is 4.98 Å². The summed E-state index contributed by atoms with van der Waals surface area (Å²) in [6.45, 7) is 8.96. The maximum atomic E-state index is 4.74. The van der Waals surface area contributed by atoms with E-state index in [1.807, 2.05) is 11.3 Å². The fourth-order valence-electron chi connectivity index (χ4n) is 1.69. The maximum absolute atomic E-state index is 4.74. The second-order valence-corrected chi connectivity index (χ2v) is 6.20. The fraction of sp³-hybridized carbons (Fsp3) is 0.769. The average Bonchev–Trinajstić information content (AvgIpc) is 2.96. The van der Waals surface area contributed by atoms with Gasteiger partial charge < -0.3 is 5.32 Å². The third-order valence-corrected chi connectivity index (χ3v) is 4.45. The topological polar surface area (TPSA) is 24.9 Å². The molecule has 1 heterocycles. The molecule has 2 unspecified atom stereocenters. The molecule has 3 heteroatoms. The van der Waals surface area contributed by atoms with E-state index in [0.29, 0.717) is 18.0 Å². The Labute approximate surface area is 102 Å². The quantitative estimate of drug-likeness (QED) is 0.845. The lowest BCUT2D eigenvalue weighted by molar-refractivity contribution is 0.385. The number of thiazole rings is 1. The van der Waals surface area contributed by atoms with E-state index in [-0.39, 0.29) is 0 Å². The predicted octanol–water partition coefficient (Wildman–Crippen LogP) is 3.72. The predicted molar refractivity (Wildman–Crippen MR) is 69.9 cm³/mol. The van der Waals surface area contributed by atoms with Crippen molar-refractivity contribution in [2.45, 2.75) is 58.5 Å². The van der Waals surface area contributed by atoms with Crippen LogP contribution in [0.1, 0.15) is 63.2 Å². The molecule has 2 nitrogen and oxygen atoms in total. The lowest BCUT2D eigenvalue weighted by Crippen LogP contribution is -2.33. The maximum Gasteiger partial charge on any atom is 0.0959 e. The van der Waals surface area contributed by atoms with Gasteiger partial charge in [-0.05, 0) is 32.6 Å². The summed E-state index contributed by atoms with van der Waals surface area (Å²) in [5.41, 5.74) is 1.22. The van der Waals surface area contributed by atoms with Gasteiger partial charge in [0.05, 0.1) is 10.7 Å². The lowest BCUT2D eigenvalue weighted by atomic mass is 10.1. The van der Waals surface area contributed by atoms with Crippen molar-refractivity contribution in [3.63, 3.8) is 0 Å². The zero-order valence-electron chi connectivity index (χ0n) is 10.7. The molecule has 0 spiro atoms. The highest BCUT2D eigenvalue weighted by molar-refractivity contribution is 7.09. The molecule has 1 aliphatic rings. The molecule has 2 atom stereocenters. The van der Waals surface area contributed by atoms with Crippen LogP contribution in [0.3, 0.4) is 0 Å². The van der Waals surface area contributed by atoms with Gasteiger partial charge >= 0.3 is 0 Å². The van der Waals surface area contributed by atoms with Gasteiger partial charge in [-0.25, -0.2) is 4.98 Å². The normalized spacial score (nSPS) is 20.1. The van der Waals surface area contributed by atoms with Crippen LogP contribution < -0.4 is 5.32 Å². The van der Waals surface area contributed by atoms with Gasteiger partial charge in [0.25, 0.3) is 0 Å². The van der Waals surface area contributed by atoms with Crippen LogP contribution in [0.5, 0.6) is 0 Å². The van der Waals surface area contributed by atoms with E-state index in [0.717, 1.165) is 5.92 Å². The Balaban J connectivity index is 1.94. The molecule has 0 radical (unpaired) electrons. The molecule has 1 aromatic rings. The first-order valence-electron chi connectivity index (χ1n) is 6.29. The second kappa shape index (κ2) is 4.84. The molecule has 0 amide bonds. The zero-order valence-corrected chi connectivity index (χ0v) is 11.5. The molecule has 1 N–H and O–H groups in total. The van der Waals surface area contributed by atoms with E-state index >= 15 is 0 Å². The highest BCUT2D eigenvalue weighted by atomic mass is 32.1. The lowest BCUT2D eigenvalue weighted by Gasteiger charge is -2.21. The van der Waals surface area contributed by atoms with Crippen molar-refractivity contribution in [2.24, 2.45) is 5.92 Å². The third kappa shape index (κ3) is 2.83. The Hall–Kier alpha value is -0.410. The first-order chi connectivity index (χ1) is 7.58. The highest BCUT2D eigenvalue weighted by Crippen LogP contribution is 2.41. The standard InChI is InChI=1S/C13H22N2S/c1-8(2)9(3)14-10(4)12-7-16-13(15-12)11-5-6-11/h7-11,14H,5-6H2,1-4H3. The molecule has 0 bridgehead atoms. The third-order valence-electron chi connectivity index (χ3n) is 3.42. The Morgan fingerprint density at radius 1 is 1.31 bits per heavy atom. The zero-order chi connectivity index (χ0) is 11.7. The second-order valence-electron chi connectivity index (χ2n) is 5.31. The van der Waals surface area contributed by atoms with Gasteiger partial charge in [0.1, 0.15) is 0 Å². The monoisotopic (exact) mass is 238 g/mol. The largest absolute Gasteiger partial charge is 0.306 e. The number of hydrogen-bond donors (Lipinski definition) is 1. The van der Waals surface area contributed by atoms with E-state index in [9.17, 15) is 0 Å². The number of aromatic nitrogens is 1. The minimum absolute atomic E-state index is 0.376. The minimum atomic E-state index is 0.376. The van der Waals surface area contributed by atoms with Crippen LogP contribution in [0.25, 0.3) is 0 Å². The minimum Gasteiger partial charge on any atom is -0.306 e. The molecule has 16 heavy (non-hydrogen) atoms. The van der Waals surface area contributed by atoms with Crippen molar-refractivity contribution < 1.29 is 0 Å². The van der Waals surface area contributed by atoms with Crippen LogP contribution in [0.2, 0.25) is 0 Å². The summed E-state index contributed by atoms with van der Waals surface area (Å²) in [6.07, 6.45) is 2.69. The van der Waals surface area contributed by atoms with Crippen LogP contribution in [0, 0.1) is 5.92 Å². The molecule has 1 aromatic heterocycles. The van der Waals surface area contributed by atoms with E-state index in [1.165, 1.54) is 23.5 Å². The molecule has 90 valence electrons. The summed E-state index contributed by atoms with van der Waals surface area (Å²) < 4.78 is 0. The Morgan fingerprint density at radius 3 is 2.56 bits per heavy atom.